The predicted octanol–water partition coefficient (Wildman–Crippen LogP) is 2.08. The minimum absolute atomic E-state index is 0.0846. The number of hydrogen-bond acceptors (Lipinski definition) is 5. The molecule has 130 valence electrons. The Morgan fingerprint density at radius 2 is 2.38 bits per heavy atom. The summed E-state index contributed by atoms with van der Waals surface area (Å²) >= 11 is 0. The summed E-state index contributed by atoms with van der Waals surface area (Å²) in [6.45, 7) is 8.10. The van der Waals surface area contributed by atoms with Crippen molar-refractivity contribution in [3.05, 3.63) is 23.7 Å². The summed E-state index contributed by atoms with van der Waals surface area (Å²) in [7, 11) is 0. The van der Waals surface area contributed by atoms with Crippen LogP contribution in [0.15, 0.2) is 16.8 Å². The van der Waals surface area contributed by atoms with E-state index in [1.165, 1.54) is 0 Å². The van der Waals surface area contributed by atoms with Gasteiger partial charge in [-0.05, 0) is 40.2 Å². The molecule has 2 N–H and O–H groups in total. The van der Waals surface area contributed by atoms with Crippen molar-refractivity contribution >= 4 is 5.91 Å². The highest BCUT2D eigenvalue weighted by atomic mass is 16.5. The molecule has 0 radical (unpaired) electrons. The van der Waals surface area contributed by atoms with Gasteiger partial charge in [0.15, 0.2) is 5.76 Å². The van der Waals surface area contributed by atoms with Crippen LogP contribution in [0.3, 0.4) is 0 Å². The number of aryl methyl sites for hydroxylation is 1. The van der Waals surface area contributed by atoms with E-state index >= 15 is 0 Å². The van der Waals surface area contributed by atoms with Gasteiger partial charge in [-0.25, -0.2) is 0 Å². The normalized spacial score (nSPS) is 18.9. The van der Waals surface area contributed by atoms with E-state index in [1.807, 2.05) is 26.8 Å². The lowest BCUT2D eigenvalue weighted by molar-refractivity contribution is -0.123. The standard InChI is InChI=1S/C17H25N5O2/c1-11(2)19-16(23)10-22-6-4-5-13(9-22)17-14(8-18-20-17)15-7-12(3)21-24-15/h7-8,11,13H,4-6,9-10H2,1-3H3,(H,18,20)(H,19,23). The second kappa shape index (κ2) is 7.17. The maximum Gasteiger partial charge on any atom is 0.234 e. The Morgan fingerprint density at radius 3 is 3.08 bits per heavy atom. The summed E-state index contributed by atoms with van der Waals surface area (Å²) in [5, 5.41) is 14.2. The van der Waals surface area contributed by atoms with Gasteiger partial charge in [0, 0.05) is 24.6 Å². The highest BCUT2D eigenvalue weighted by Gasteiger charge is 2.27. The Bertz CT molecular complexity index is 691. The number of H-pyrrole nitrogens is 1. The fraction of sp³-hybridized carbons (Fsp3) is 0.588. The third kappa shape index (κ3) is 3.84. The molecule has 3 rings (SSSR count). The number of carbonyl (C=O) groups is 1. The largest absolute Gasteiger partial charge is 0.356 e. The van der Waals surface area contributed by atoms with Crippen molar-refractivity contribution < 1.29 is 9.32 Å². The molecule has 1 aliphatic heterocycles. The fourth-order valence-electron chi connectivity index (χ4n) is 3.30. The van der Waals surface area contributed by atoms with Crippen LogP contribution in [-0.4, -0.2) is 51.8 Å². The Hall–Kier alpha value is -2.15. The zero-order chi connectivity index (χ0) is 17.1. The molecule has 0 saturated carbocycles. The zero-order valence-electron chi connectivity index (χ0n) is 14.5. The number of carbonyl (C=O) groups excluding carboxylic acids is 1. The van der Waals surface area contributed by atoms with Gasteiger partial charge < -0.3 is 9.84 Å². The van der Waals surface area contributed by atoms with Gasteiger partial charge in [0.1, 0.15) is 0 Å². The molecule has 0 spiro atoms. The van der Waals surface area contributed by atoms with E-state index in [0.29, 0.717) is 12.5 Å². The average molecular weight is 331 g/mol. The van der Waals surface area contributed by atoms with Gasteiger partial charge in [0.05, 0.1) is 29.7 Å². The molecule has 24 heavy (non-hydrogen) atoms. The molecule has 7 heteroatoms. The van der Waals surface area contributed by atoms with Crippen LogP contribution in [0, 0.1) is 6.92 Å². The predicted molar refractivity (Wildman–Crippen MR) is 90.5 cm³/mol. The molecule has 2 aromatic rings. The average Bonchev–Trinajstić information content (AvgIpc) is 3.14. The topological polar surface area (TPSA) is 87.0 Å². The van der Waals surface area contributed by atoms with E-state index < -0.39 is 0 Å². The number of aromatic amines is 1. The van der Waals surface area contributed by atoms with Crippen LogP contribution < -0.4 is 5.32 Å². The number of nitrogens with one attached hydrogen (secondary N) is 2. The van der Waals surface area contributed by atoms with Gasteiger partial charge in [0.2, 0.25) is 5.91 Å². The fourth-order valence-corrected chi connectivity index (χ4v) is 3.30. The van der Waals surface area contributed by atoms with E-state index in [1.54, 1.807) is 6.20 Å². The van der Waals surface area contributed by atoms with Crippen molar-refractivity contribution in [3.63, 3.8) is 0 Å². The van der Waals surface area contributed by atoms with Crippen molar-refractivity contribution in [3.8, 4) is 11.3 Å². The summed E-state index contributed by atoms with van der Waals surface area (Å²) in [5.74, 6) is 1.14. The molecule has 0 aromatic carbocycles. The van der Waals surface area contributed by atoms with E-state index in [4.69, 9.17) is 4.52 Å². The molecular formula is C17H25N5O2. The van der Waals surface area contributed by atoms with Gasteiger partial charge >= 0.3 is 0 Å². The van der Waals surface area contributed by atoms with Crippen LogP contribution in [0.4, 0.5) is 0 Å². The van der Waals surface area contributed by atoms with Crippen molar-refractivity contribution in [2.45, 2.75) is 45.6 Å². The highest BCUT2D eigenvalue weighted by Crippen LogP contribution is 2.33. The van der Waals surface area contributed by atoms with E-state index in [9.17, 15) is 4.79 Å². The first-order valence-electron chi connectivity index (χ1n) is 8.51. The molecule has 1 fully saturated rings. The lowest BCUT2D eigenvalue weighted by Crippen LogP contribution is -2.43. The number of aromatic nitrogens is 3. The molecule has 1 amide bonds. The van der Waals surface area contributed by atoms with Crippen molar-refractivity contribution in [1.29, 1.82) is 0 Å². The van der Waals surface area contributed by atoms with Crippen molar-refractivity contribution in [1.82, 2.24) is 25.6 Å². The number of amides is 1. The molecular weight excluding hydrogens is 306 g/mol. The molecule has 2 aromatic heterocycles. The number of rotatable bonds is 5. The number of likely N-dealkylation sites (tertiary alicyclic amines) is 1. The van der Waals surface area contributed by atoms with Crippen LogP contribution in [0.5, 0.6) is 0 Å². The molecule has 1 atom stereocenters. The van der Waals surface area contributed by atoms with Crippen LogP contribution in [-0.2, 0) is 4.79 Å². The van der Waals surface area contributed by atoms with Gasteiger partial charge in [-0.15, -0.1) is 0 Å². The van der Waals surface area contributed by atoms with E-state index in [-0.39, 0.29) is 11.9 Å². The van der Waals surface area contributed by atoms with Gasteiger partial charge in [0.25, 0.3) is 0 Å². The molecule has 3 heterocycles. The Balaban J connectivity index is 1.69. The summed E-state index contributed by atoms with van der Waals surface area (Å²) in [5.41, 5.74) is 2.89. The third-order valence-corrected chi connectivity index (χ3v) is 4.29. The molecule has 1 saturated heterocycles. The maximum atomic E-state index is 12.0. The van der Waals surface area contributed by atoms with Gasteiger partial charge in [-0.1, -0.05) is 5.16 Å². The lowest BCUT2D eigenvalue weighted by Gasteiger charge is -2.32. The lowest BCUT2D eigenvalue weighted by atomic mass is 9.92. The Labute approximate surface area is 141 Å². The first-order valence-corrected chi connectivity index (χ1v) is 8.51. The molecule has 1 aliphatic rings. The van der Waals surface area contributed by atoms with Crippen LogP contribution in [0.1, 0.15) is 44.0 Å². The van der Waals surface area contributed by atoms with Crippen molar-refractivity contribution in [2.75, 3.05) is 19.6 Å². The smallest absolute Gasteiger partial charge is 0.234 e. The van der Waals surface area contributed by atoms with E-state index in [0.717, 1.165) is 48.6 Å². The first-order chi connectivity index (χ1) is 11.5. The second-order valence-corrected chi connectivity index (χ2v) is 6.83. The van der Waals surface area contributed by atoms with Gasteiger partial charge in [-0.3, -0.25) is 14.8 Å². The third-order valence-electron chi connectivity index (χ3n) is 4.29. The second-order valence-electron chi connectivity index (χ2n) is 6.83. The first kappa shape index (κ1) is 16.7. The number of piperidine rings is 1. The molecule has 0 aliphatic carbocycles. The highest BCUT2D eigenvalue weighted by molar-refractivity contribution is 5.78. The summed E-state index contributed by atoms with van der Waals surface area (Å²) in [4.78, 5) is 14.2. The monoisotopic (exact) mass is 331 g/mol. The summed E-state index contributed by atoms with van der Waals surface area (Å²) in [6.07, 6.45) is 3.93. The molecule has 1 unspecified atom stereocenters. The summed E-state index contributed by atoms with van der Waals surface area (Å²) < 4.78 is 5.39. The maximum absolute atomic E-state index is 12.0. The Morgan fingerprint density at radius 1 is 1.54 bits per heavy atom. The SMILES string of the molecule is Cc1cc(-c2cn[nH]c2C2CCCN(CC(=O)NC(C)C)C2)on1. The summed E-state index contributed by atoms with van der Waals surface area (Å²) in [6, 6.07) is 2.09. The molecule has 0 bridgehead atoms. The minimum atomic E-state index is 0.0846. The number of hydrogen-bond donors (Lipinski definition) is 2. The van der Waals surface area contributed by atoms with Crippen molar-refractivity contribution in [2.24, 2.45) is 0 Å². The minimum Gasteiger partial charge on any atom is -0.356 e. The van der Waals surface area contributed by atoms with Crippen LogP contribution in [0.2, 0.25) is 0 Å². The van der Waals surface area contributed by atoms with Gasteiger partial charge in [-0.2, -0.15) is 5.10 Å². The van der Waals surface area contributed by atoms with Crippen LogP contribution >= 0.6 is 0 Å². The molecule has 7 nitrogen and oxygen atoms in total. The quantitative estimate of drug-likeness (QED) is 0.876. The number of nitrogens with zero attached hydrogens (tertiary/aromatic N) is 3. The Kier molecular flexibility index (Phi) is 4.99. The zero-order valence-corrected chi connectivity index (χ0v) is 14.5. The van der Waals surface area contributed by atoms with Crippen LogP contribution in [0.25, 0.3) is 11.3 Å². The van der Waals surface area contributed by atoms with E-state index in [2.05, 4.69) is 25.6 Å².